The molecule has 0 radical (unpaired) electrons. The van der Waals surface area contributed by atoms with Crippen LogP contribution in [0.4, 0.5) is 0 Å². The van der Waals surface area contributed by atoms with Crippen molar-refractivity contribution in [2.45, 2.75) is 100 Å². The quantitative estimate of drug-likeness (QED) is 0.0216. The van der Waals surface area contributed by atoms with E-state index in [4.69, 9.17) is 34.4 Å². The fraction of sp³-hybridized carbons (Fsp3) is 0.588. The number of hydrogen-bond acceptors (Lipinski definition) is 13. The van der Waals surface area contributed by atoms with Crippen LogP contribution in [-0.4, -0.2) is 125 Å². The van der Waals surface area contributed by atoms with Gasteiger partial charge in [-0.2, -0.15) is 0 Å². The molecule has 20 N–H and O–H groups in total. The molecule has 1 aromatic carbocycles. The van der Waals surface area contributed by atoms with Crippen LogP contribution < -0.4 is 61.0 Å². The Morgan fingerprint density at radius 3 is 1.52 bits per heavy atom. The Morgan fingerprint density at radius 2 is 1.05 bits per heavy atom. The second-order valence-corrected chi connectivity index (χ2v) is 12.9. The van der Waals surface area contributed by atoms with Crippen LogP contribution in [0.15, 0.2) is 29.3 Å². The van der Waals surface area contributed by atoms with E-state index in [9.17, 15) is 48.9 Å². The molecule has 22 heteroatoms. The number of guanidine groups is 1. The third kappa shape index (κ3) is 19.1. The zero-order chi connectivity index (χ0) is 42.2. The molecule has 0 unspecified atom stereocenters. The Morgan fingerprint density at radius 1 is 0.589 bits per heavy atom. The van der Waals surface area contributed by atoms with Gasteiger partial charge >= 0.3 is 11.9 Å². The van der Waals surface area contributed by atoms with E-state index in [0.717, 1.165) is 0 Å². The number of nitrogens with two attached hydrogens (primary N) is 6. The van der Waals surface area contributed by atoms with Crippen LogP contribution >= 0.6 is 0 Å². The minimum atomic E-state index is -1.51. The number of carbonyl (C=O) groups is 7. The van der Waals surface area contributed by atoms with Crippen LogP contribution in [0.2, 0.25) is 0 Å². The summed E-state index contributed by atoms with van der Waals surface area (Å²) in [5.41, 5.74) is 33.9. The molecule has 0 heterocycles. The maximum absolute atomic E-state index is 13.6. The second-order valence-electron chi connectivity index (χ2n) is 12.9. The molecule has 1 rings (SSSR count). The number of amides is 5. The van der Waals surface area contributed by atoms with Crippen molar-refractivity contribution < 1.29 is 48.9 Å². The molecule has 22 nitrogen and oxygen atoms in total. The molecular weight excluding hydrogens is 736 g/mol. The summed E-state index contributed by atoms with van der Waals surface area (Å²) < 4.78 is 0. The lowest BCUT2D eigenvalue weighted by Crippen LogP contribution is -2.59. The molecular formula is C34H58N12O10. The highest BCUT2D eigenvalue weighted by atomic mass is 16.4. The predicted molar refractivity (Wildman–Crippen MR) is 204 cm³/mol. The number of carbonyl (C=O) groups excluding carboxylic acids is 5. The number of aliphatic imine (C=N–C) groups is 1. The Kier molecular flexibility index (Phi) is 22.7. The van der Waals surface area contributed by atoms with Crippen LogP contribution in [-0.2, 0) is 40.0 Å². The largest absolute Gasteiger partial charge is 0.508 e. The molecule has 0 aliphatic heterocycles. The van der Waals surface area contributed by atoms with Gasteiger partial charge in [-0.1, -0.05) is 12.1 Å². The Hall–Kier alpha value is -5.58. The number of nitrogens with one attached hydrogen (secondary N) is 5. The number of benzene rings is 1. The smallest absolute Gasteiger partial charge is 0.326 e. The van der Waals surface area contributed by atoms with Gasteiger partial charge in [0.05, 0.1) is 6.04 Å². The molecule has 0 spiro atoms. The number of rotatable bonds is 28. The first-order valence-electron chi connectivity index (χ1n) is 18.2. The normalized spacial score (nSPS) is 14.1. The number of carboxylic acid groups (broad SMARTS) is 2. The first-order chi connectivity index (χ1) is 26.5. The van der Waals surface area contributed by atoms with E-state index < -0.39 is 90.6 Å². The van der Waals surface area contributed by atoms with Gasteiger partial charge in [0.15, 0.2) is 5.96 Å². The number of aromatic hydroxyl groups is 1. The lowest BCUT2D eigenvalue weighted by Gasteiger charge is -2.27. The highest BCUT2D eigenvalue weighted by molar-refractivity contribution is 5.96. The fourth-order valence-corrected chi connectivity index (χ4v) is 5.25. The summed E-state index contributed by atoms with van der Waals surface area (Å²) in [6, 6.07) is -2.24. The van der Waals surface area contributed by atoms with Gasteiger partial charge in [0.1, 0.15) is 36.0 Å². The Balaban J connectivity index is 3.29. The van der Waals surface area contributed by atoms with Crippen LogP contribution in [0.3, 0.4) is 0 Å². The molecule has 1 aromatic rings. The van der Waals surface area contributed by atoms with Gasteiger partial charge in [0.25, 0.3) is 0 Å². The first-order valence-corrected chi connectivity index (χ1v) is 18.2. The molecule has 0 fully saturated rings. The summed E-state index contributed by atoms with van der Waals surface area (Å²) in [5.74, 6) is -7.16. The zero-order valence-electron chi connectivity index (χ0n) is 31.3. The van der Waals surface area contributed by atoms with Crippen LogP contribution in [0, 0.1) is 0 Å². The van der Waals surface area contributed by atoms with E-state index in [1.807, 2.05) is 0 Å². The van der Waals surface area contributed by atoms with Crippen molar-refractivity contribution in [3.8, 4) is 5.75 Å². The highest BCUT2D eigenvalue weighted by Gasteiger charge is 2.33. The molecule has 56 heavy (non-hydrogen) atoms. The SMILES string of the molecule is NCCCC[C@H](NC(=O)[C@@H](N)CCN)C(=O)N[C@@H](CCC(=O)O)C(=O)N[C@@H](CCN)C(=O)N[C@@H](CCCN=C(N)N)C(=O)N[C@@H](Cc1ccc(O)cc1)C(=O)O. The van der Waals surface area contributed by atoms with E-state index in [2.05, 4.69) is 31.6 Å². The molecule has 0 aliphatic carbocycles. The van der Waals surface area contributed by atoms with Crippen LogP contribution in [0.1, 0.15) is 63.4 Å². The minimum absolute atomic E-state index is 0.0433. The third-order valence-electron chi connectivity index (χ3n) is 8.33. The topological polar surface area (TPSA) is 409 Å². The molecule has 6 atom stereocenters. The third-order valence-corrected chi connectivity index (χ3v) is 8.33. The van der Waals surface area contributed by atoms with Crippen LogP contribution in [0.5, 0.6) is 5.75 Å². The average molecular weight is 795 g/mol. The molecule has 0 saturated heterocycles. The first kappa shape index (κ1) is 48.4. The molecule has 5 amide bonds. The van der Waals surface area contributed by atoms with Crippen molar-refractivity contribution in [3.05, 3.63) is 29.8 Å². The standard InChI is InChI=1S/C34H58N12O10/c35-14-2-1-4-22(42-28(50)21(38)12-15-36)29(51)44-24(10-11-27(48)49)31(53)45-25(13-16-37)32(54)43-23(5-3-17-41-34(39)40)30(52)46-26(33(55)56)18-19-6-8-20(47)9-7-19/h6-9,21-26,47H,1-5,10-18,35-38H2,(H,42,50)(H,43,54)(H,44,51)(H,45,53)(H,46,52)(H,48,49)(H,55,56)(H4,39,40,41)/t21-,22-,23-,24-,25-,26-/m0/s1. The lowest BCUT2D eigenvalue weighted by molar-refractivity contribution is -0.142. The number of carboxylic acids is 2. The van der Waals surface area contributed by atoms with E-state index in [-0.39, 0.29) is 69.9 Å². The number of aliphatic carboxylic acids is 2. The van der Waals surface area contributed by atoms with Gasteiger partial charge < -0.3 is 76.3 Å². The van der Waals surface area contributed by atoms with E-state index in [1.165, 1.54) is 24.3 Å². The zero-order valence-corrected chi connectivity index (χ0v) is 31.3. The summed E-state index contributed by atoms with van der Waals surface area (Å²) in [6.07, 6.45) is -0.0609. The maximum Gasteiger partial charge on any atom is 0.326 e. The van der Waals surface area contributed by atoms with Gasteiger partial charge in [-0.05, 0) is 88.7 Å². The van der Waals surface area contributed by atoms with Crippen molar-refractivity contribution >= 4 is 47.4 Å². The Labute approximate surface area is 324 Å². The summed E-state index contributed by atoms with van der Waals surface area (Å²) in [6.45, 7) is 0.332. The van der Waals surface area contributed by atoms with Gasteiger partial charge in [0, 0.05) is 19.4 Å². The van der Waals surface area contributed by atoms with Crippen LogP contribution in [0.25, 0.3) is 0 Å². The predicted octanol–water partition coefficient (Wildman–Crippen LogP) is -4.48. The number of hydrogen-bond donors (Lipinski definition) is 14. The number of nitrogens with zero attached hydrogens (tertiary/aromatic N) is 1. The second kappa shape index (κ2) is 26.3. The van der Waals surface area contributed by atoms with E-state index in [1.54, 1.807) is 0 Å². The highest BCUT2D eigenvalue weighted by Crippen LogP contribution is 2.12. The lowest BCUT2D eigenvalue weighted by atomic mass is 10.0. The molecule has 0 aliphatic rings. The average Bonchev–Trinajstić information content (AvgIpc) is 3.13. The van der Waals surface area contributed by atoms with Crippen molar-refractivity contribution in [2.24, 2.45) is 39.4 Å². The van der Waals surface area contributed by atoms with Crippen molar-refractivity contribution in [1.82, 2.24) is 26.6 Å². The fourth-order valence-electron chi connectivity index (χ4n) is 5.25. The number of phenolic OH excluding ortho intramolecular Hbond substituents is 1. The monoisotopic (exact) mass is 794 g/mol. The van der Waals surface area contributed by atoms with Crippen molar-refractivity contribution in [1.29, 1.82) is 0 Å². The summed E-state index contributed by atoms with van der Waals surface area (Å²) >= 11 is 0. The molecule has 314 valence electrons. The minimum Gasteiger partial charge on any atom is -0.508 e. The Bertz CT molecular complexity index is 1480. The number of unbranched alkanes of at least 4 members (excludes halogenated alkanes) is 1. The summed E-state index contributed by atoms with van der Waals surface area (Å²) in [5, 5.41) is 41.1. The molecule has 0 bridgehead atoms. The number of phenols is 1. The van der Waals surface area contributed by atoms with Gasteiger partial charge in [-0.3, -0.25) is 33.8 Å². The molecule has 0 aromatic heterocycles. The maximum atomic E-state index is 13.6. The summed E-state index contributed by atoms with van der Waals surface area (Å²) in [4.78, 5) is 94.2. The van der Waals surface area contributed by atoms with Crippen molar-refractivity contribution in [2.75, 3.05) is 26.2 Å². The van der Waals surface area contributed by atoms with Gasteiger partial charge in [0.2, 0.25) is 29.5 Å². The van der Waals surface area contributed by atoms with E-state index >= 15 is 0 Å². The van der Waals surface area contributed by atoms with Crippen molar-refractivity contribution in [3.63, 3.8) is 0 Å². The molecule has 0 saturated carbocycles. The van der Waals surface area contributed by atoms with E-state index in [0.29, 0.717) is 24.9 Å². The summed E-state index contributed by atoms with van der Waals surface area (Å²) in [7, 11) is 0. The van der Waals surface area contributed by atoms with Gasteiger partial charge in [-0.15, -0.1) is 0 Å². The van der Waals surface area contributed by atoms with Gasteiger partial charge in [-0.25, -0.2) is 4.79 Å².